The maximum Gasteiger partial charge on any atom is 0.254 e. The normalized spacial score (nSPS) is 14.4. The highest BCUT2D eigenvalue weighted by molar-refractivity contribution is 9.10. The predicted octanol–water partition coefficient (Wildman–Crippen LogP) is 5.56. The lowest BCUT2D eigenvalue weighted by Gasteiger charge is -2.34. The zero-order valence-electron chi connectivity index (χ0n) is 17.3. The lowest BCUT2D eigenvalue weighted by molar-refractivity contribution is 0.0668. The number of amides is 1. The molecule has 7 heteroatoms. The van der Waals surface area contributed by atoms with E-state index in [2.05, 4.69) is 25.8 Å². The number of nitrogens with zero attached hydrogens (tertiary/aromatic N) is 3. The van der Waals surface area contributed by atoms with Crippen molar-refractivity contribution in [3.05, 3.63) is 68.9 Å². The SMILES string of the molecule is [C-]#[N+]c1cnc(C(C)N2CCc3c(Br)cc(/C=C/OCC)cc3C2=O)cc1OCC. The van der Waals surface area contributed by atoms with Crippen molar-refractivity contribution in [3.63, 3.8) is 0 Å². The monoisotopic (exact) mass is 469 g/mol. The van der Waals surface area contributed by atoms with Gasteiger partial charge in [-0.15, -0.1) is 0 Å². The Morgan fingerprint density at radius 3 is 2.83 bits per heavy atom. The zero-order chi connectivity index (χ0) is 21.7. The highest BCUT2D eigenvalue weighted by Gasteiger charge is 2.31. The summed E-state index contributed by atoms with van der Waals surface area (Å²) < 4.78 is 11.8. The van der Waals surface area contributed by atoms with Gasteiger partial charge >= 0.3 is 0 Å². The van der Waals surface area contributed by atoms with E-state index in [0.29, 0.717) is 42.5 Å². The molecule has 3 rings (SSSR count). The smallest absolute Gasteiger partial charge is 0.254 e. The Kier molecular flexibility index (Phi) is 7.11. The van der Waals surface area contributed by atoms with Crippen LogP contribution in [0.2, 0.25) is 0 Å². The van der Waals surface area contributed by atoms with Gasteiger partial charge in [-0.25, -0.2) is 4.85 Å². The van der Waals surface area contributed by atoms with E-state index in [9.17, 15) is 4.79 Å². The van der Waals surface area contributed by atoms with Crippen molar-refractivity contribution in [2.24, 2.45) is 0 Å². The molecule has 1 amide bonds. The Balaban J connectivity index is 1.91. The van der Waals surface area contributed by atoms with Crippen molar-refractivity contribution in [2.75, 3.05) is 19.8 Å². The van der Waals surface area contributed by atoms with E-state index in [4.69, 9.17) is 16.0 Å². The third-order valence-corrected chi connectivity index (χ3v) is 5.73. The molecule has 156 valence electrons. The van der Waals surface area contributed by atoms with Crippen molar-refractivity contribution in [3.8, 4) is 5.75 Å². The third kappa shape index (κ3) is 4.49. The molecule has 1 atom stereocenters. The van der Waals surface area contributed by atoms with Gasteiger partial charge in [0.25, 0.3) is 5.91 Å². The van der Waals surface area contributed by atoms with E-state index in [1.54, 1.807) is 12.3 Å². The Morgan fingerprint density at radius 2 is 2.13 bits per heavy atom. The highest BCUT2D eigenvalue weighted by atomic mass is 79.9. The molecule has 0 saturated carbocycles. The van der Waals surface area contributed by atoms with Crippen LogP contribution in [0.4, 0.5) is 5.69 Å². The summed E-state index contributed by atoms with van der Waals surface area (Å²) in [6, 6.07) is 5.42. The molecular formula is C23H24BrN3O3. The highest BCUT2D eigenvalue weighted by Crippen LogP contribution is 2.35. The van der Waals surface area contributed by atoms with Crippen molar-refractivity contribution >= 4 is 33.6 Å². The number of aromatic nitrogens is 1. The number of hydrogen-bond acceptors (Lipinski definition) is 4. The molecule has 1 aromatic carbocycles. The third-order valence-electron chi connectivity index (χ3n) is 5.02. The summed E-state index contributed by atoms with van der Waals surface area (Å²) in [6.45, 7) is 14.7. The molecule has 0 bridgehead atoms. The van der Waals surface area contributed by atoms with Crippen LogP contribution in [0, 0.1) is 6.57 Å². The fraction of sp³-hybridized carbons (Fsp3) is 0.348. The fourth-order valence-electron chi connectivity index (χ4n) is 3.47. The summed E-state index contributed by atoms with van der Waals surface area (Å²) in [5, 5.41) is 0. The molecule has 0 radical (unpaired) electrons. The van der Waals surface area contributed by atoms with Gasteiger partial charge in [0.1, 0.15) is 5.75 Å². The summed E-state index contributed by atoms with van der Waals surface area (Å²) in [5.41, 5.74) is 3.67. The minimum atomic E-state index is -0.244. The van der Waals surface area contributed by atoms with Crippen LogP contribution in [0.1, 0.15) is 54.0 Å². The van der Waals surface area contributed by atoms with Gasteiger partial charge in [0.2, 0.25) is 5.69 Å². The maximum absolute atomic E-state index is 13.3. The second-order valence-electron chi connectivity index (χ2n) is 6.83. The van der Waals surface area contributed by atoms with Gasteiger partial charge in [-0.1, -0.05) is 15.9 Å². The molecule has 0 spiro atoms. The number of halogens is 1. The summed E-state index contributed by atoms with van der Waals surface area (Å²) >= 11 is 3.61. The summed E-state index contributed by atoms with van der Waals surface area (Å²) in [6.07, 6.45) is 5.75. The molecule has 0 saturated heterocycles. The standard InChI is InChI=1S/C23H24BrN3O3/c1-5-29-10-8-16-11-18-17(19(24)12-16)7-9-27(23(18)28)15(3)20-13-22(30-6-2)21(25-4)14-26-20/h8,10-15H,5-7,9H2,1-3H3/b10-8+. The van der Waals surface area contributed by atoms with Gasteiger partial charge < -0.3 is 14.4 Å². The number of benzene rings is 1. The van der Waals surface area contributed by atoms with Gasteiger partial charge in [0.15, 0.2) is 0 Å². The van der Waals surface area contributed by atoms with Crippen LogP contribution in [0.15, 0.2) is 35.1 Å². The minimum absolute atomic E-state index is 0.0369. The van der Waals surface area contributed by atoms with Crippen LogP contribution < -0.4 is 4.74 Å². The van der Waals surface area contributed by atoms with Gasteiger partial charge in [-0.05, 0) is 62.6 Å². The second-order valence-corrected chi connectivity index (χ2v) is 7.69. The summed E-state index contributed by atoms with van der Waals surface area (Å²) in [5.74, 6) is 0.463. The number of ether oxygens (including phenoxy) is 2. The topological polar surface area (TPSA) is 56.0 Å². The number of rotatable bonds is 7. The van der Waals surface area contributed by atoms with Crippen LogP contribution in [0.25, 0.3) is 10.9 Å². The first-order chi connectivity index (χ1) is 14.5. The molecule has 0 N–H and O–H groups in total. The van der Waals surface area contributed by atoms with E-state index < -0.39 is 0 Å². The van der Waals surface area contributed by atoms with Crippen molar-refractivity contribution in [1.82, 2.24) is 9.88 Å². The number of pyridine rings is 1. The molecule has 1 aliphatic heterocycles. The largest absolute Gasteiger partial charge is 0.505 e. The van der Waals surface area contributed by atoms with Crippen LogP contribution in [-0.2, 0) is 11.2 Å². The van der Waals surface area contributed by atoms with Crippen LogP contribution in [0.5, 0.6) is 5.75 Å². The lowest BCUT2D eigenvalue weighted by atomic mass is 9.95. The van der Waals surface area contributed by atoms with Crippen LogP contribution >= 0.6 is 15.9 Å². The molecule has 1 unspecified atom stereocenters. The second kappa shape index (κ2) is 9.77. The Labute approximate surface area is 185 Å². The van der Waals surface area contributed by atoms with E-state index in [1.165, 1.54) is 6.20 Å². The molecule has 1 aliphatic rings. The van der Waals surface area contributed by atoms with Gasteiger partial charge in [0, 0.05) is 22.8 Å². The predicted molar refractivity (Wildman–Crippen MR) is 120 cm³/mol. The first-order valence-electron chi connectivity index (χ1n) is 9.91. The van der Waals surface area contributed by atoms with Gasteiger partial charge in [-0.2, -0.15) is 0 Å². The molecular weight excluding hydrogens is 446 g/mol. The Morgan fingerprint density at radius 1 is 1.33 bits per heavy atom. The van der Waals surface area contributed by atoms with Crippen molar-refractivity contribution in [1.29, 1.82) is 0 Å². The van der Waals surface area contributed by atoms with E-state index in [0.717, 1.165) is 22.0 Å². The molecule has 2 heterocycles. The first kappa shape index (κ1) is 21.8. The number of carbonyl (C=O) groups is 1. The molecule has 30 heavy (non-hydrogen) atoms. The van der Waals surface area contributed by atoms with E-state index in [1.807, 2.05) is 43.9 Å². The maximum atomic E-state index is 13.3. The van der Waals surface area contributed by atoms with E-state index in [-0.39, 0.29) is 11.9 Å². The van der Waals surface area contributed by atoms with Gasteiger partial charge in [0.05, 0.1) is 37.8 Å². The lowest BCUT2D eigenvalue weighted by Crippen LogP contribution is -2.39. The summed E-state index contributed by atoms with van der Waals surface area (Å²) in [4.78, 5) is 23.0. The minimum Gasteiger partial charge on any atom is -0.505 e. The molecule has 2 aromatic rings. The summed E-state index contributed by atoms with van der Waals surface area (Å²) in [7, 11) is 0. The molecule has 6 nitrogen and oxygen atoms in total. The van der Waals surface area contributed by atoms with Crippen LogP contribution in [-0.4, -0.2) is 35.5 Å². The molecule has 1 aromatic heterocycles. The van der Waals surface area contributed by atoms with Gasteiger partial charge in [-0.3, -0.25) is 9.78 Å². The Hall–Kier alpha value is -2.85. The average molecular weight is 470 g/mol. The average Bonchev–Trinajstić information content (AvgIpc) is 2.74. The number of carbonyl (C=O) groups excluding carboxylic acids is 1. The molecule has 0 aliphatic carbocycles. The number of hydrogen-bond donors (Lipinski definition) is 0. The number of fused-ring (bicyclic) bond motifs is 1. The quantitative estimate of drug-likeness (QED) is 0.393. The zero-order valence-corrected chi connectivity index (χ0v) is 18.9. The van der Waals surface area contributed by atoms with Crippen LogP contribution in [0.3, 0.4) is 0 Å². The van der Waals surface area contributed by atoms with Crippen molar-refractivity contribution < 1.29 is 14.3 Å². The van der Waals surface area contributed by atoms with Crippen molar-refractivity contribution in [2.45, 2.75) is 33.2 Å². The molecule has 0 fully saturated rings. The first-order valence-corrected chi connectivity index (χ1v) is 10.7. The Bertz CT molecular complexity index is 1010. The fourth-order valence-corrected chi connectivity index (χ4v) is 4.14. The van der Waals surface area contributed by atoms with E-state index >= 15 is 0 Å².